The van der Waals surface area contributed by atoms with Gasteiger partial charge in [0.1, 0.15) is 29.6 Å². The van der Waals surface area contributed by atoms with E-state index < -0.39 is 0 Å². The van der Waals surface area contributed by atoms with Crippen LogP contribution in [0, 0.1) is 0 Å². The molecule has 3 N–H and O–H groups in total. The van der Waals surface area contributed by atoms with Gasteiger partial charge in [-0.2, -0.15) is 0 Å². The predicted molar refractivity (Wildman–Crippen MR) is 89.3 cm³/mol. The first-order valence-electron chi connectivity index (χ1n) is 7.35. The van der Waals surface area contributed by atoms with Crippen LogP contribution in [0.5, 0.6) is 11.5 Å². The van der Waals surface area contributed by atoms with E-state index in [1.165, 1.54) is 0 Å². The van der Waals surface area contributed by atoms with Gasteiger partial charge in [0.05, 0.1) is 12.3 Å². The number of anilines is 2. The van der Waals surface area contributed by atoms with E-state index in [1.54, 1.807) is 0 Å². The van der Waals surface area contributed by atoms with E-state index in [-0.39, 0.29) is 0 Å². The third kappa shape index (κ3) is 3.14. The molecule has 0 fully saturated rings. The summed E-state index contributed by atoms with van der Waals surface area (Å²) in [6.45, 7) is 3.14. The SMILES string of the molecule is CCCOc1ccccc1N=C1COc2ccc(N)cc2N1. The number of nitrogens with zero attached hydrogens (tertiary/aromatic N) is 1. The van der Waals surface area contributed by atoms with Gasteiger partial charge < -0.3 is 20.5 Å². The van der Waals surface area contributed by atoms with E-state index >= 15 is 0 Å². The highest BCUT2D eigenvalue weighted by molar-refractivity contribution is 6.01. The lowest BCUT2D eigenvalue weighted by molar-refractivity contribution is 0.318. The Kier molecular flexibility index (Phi) is 4.14. The molecule has 0 atom stereocenters. The molecule has 0 aliphatic carbocycles. The molecule has 2 aromatic rings. The second-order valence-electron chi connectivity index (χ2n) is 5.04. The second-order valence-corrected chi connectivity index (χ2v) is 5.04. The number of rotatable bonds is 4. The van der Waals surface area contributed by atoms with Crippen LogP contribution in [0.2, 0.25) is 0 Å². The van der Waals surface area contributed by atoms with Gasteiger partial charge in [-0.25, -0.2) is 4.99 Å². The highest BCUT2D eigenvalue weighted by Crippen LogP contribution is 2.32. The van der Waals surface area contributed by atoms with Crippen LogP contribution in [0.3, 0.4) is 0 Å². The fourth-order valence-corrected chi connectivity index (χ4v) is 2.20. The van der Waals surface area contributed by atoms with E-state index in [4.69, 9.17) is 15.2 Å². The smallest absolute Gasteiger partial charge is 0.146 e. The molecule has 0 bridgehead atoms. The molecule has 1 aliphatic heterocycles. The monoisotopic (exact) mass is 297 g/mol. The van der Waals surface area contributed by atoms with Gasteiger partial charge in [0.15, 0.2) is 0 Å². The van der Waals surface area contributed by atoms with Crippen LogP contribution in [-0.4, -0.2) is 19.0 Å². The Labute approximate surface area is 129 Å². The number of ether oxygens (including phenoxy) is 2. The lowest BCUT2D eigenvalue weighted by Crippen LogP contribution is -2.25. The average molecular weight is 297 g/mol. The fraction of sp³-hybridized carbons (Fsp3) is 0.235. The fourth-order valence-electron chi connectivity index (χ4n) is 2.20. The molecule has 0 unspecified atom stereocenters. The van der Waals surface area contributed by atoms with Crippen molar-refractivity contribution < 1.29 is 9.47 Å². The number of para-hydroxylation sites is 2. The Balaban J connectivity index is 1.84. The Morgan fingerprint density at radius 3 is 3.00 bits per heavy atom. The average Bonchev–Trinajstić information content (AvgIpc) is 2.53. The van der Waals surface area contributed by atoms with Gasteiger partial charge in [-0.1, -0.05) is 19.1 Å². The van der Waals surface area contributed by atoms with Crippen molar-refractivity contribution in [1.29, 1.82) is 0 Å². The van der Waals surface area contributed by atoms with Crippen LogP contribution < -0.4 is 20.5 Å². The third-order valence-electron chi connectivity index (χ3n) is 3.23. The normalized spacial score (nSPS) is 14.9. The summed E-state index contributed by atoms with van der Waals surface area (Å²) in [5.41, 5.74) is 8.10. The van der Waals surface area contributed by atoms with Gasteiger partial charge in [0.2, 0.25) is 0 Å². The van der Waals surface area contributed by atoms with Crippen LogP contribution in [0.25, 0.3) is 0 Å². The van der Waals surface area contributed by atoms with Gasteiger partial charge in [-0.15, -0.1) is 0 Å². The maximum absolute atomic E-state index is 5.80. The second kappa shape index (κ2) is 6.39. The number of hydrogen-bond donors (Lipinski definition) is 2. The number of fused-ring (bicyclic) bond motifs is 1. The van der Waals surface area contributed by atoms with E-state index in [0.29, 0.717) is 18.9 Å². The van der Waals surface area contributed by atoms with Crippen LogP contribution in [0.15, 0.2) is 47.5 Å². The van der Waals surface area contributed by atoms with Crippen LogP contribution >= 0.6 is 0 Å². The highest BCUT2D eigenvalue weighted by atomic mass is 16.5. The lowest BCUT2D eigenvalue weighted by Gasteiger charge is -2.21. The Bertz CT molecular complexity index is 698. The molecule has 1 aliphatic rings. The summed E-state index contributed by atoms with van der Waals surface area (Å²) in [7, 11) is 0. The van der Waals surface area contributed by atoms with Crippen molar-refractivity contribution in [3.8, 4) is 11.5 Å². The van der Waals surface area contributed by atoms with Crippen LogP contribution in [0.1, 0.15) is 13.3 Å². The number of nitrogens with one attached hydrogen (secondary N) is 1. The standard InChI is InChI=1S/C17H19N3O2/c1-2-9-21-15-6-4-3-5-13(15)19-17-11-22-16-8-7-12(18)10-14(16)20-17/h3-8,10H,2,9,11,18H2,1H3,(H,19,20). The quantitative estimate of drug-likeness (QED) is 0.846. The summed E-state index contributed by atoms with van der Waals surface area (Å²) >= 11 is 0. The minimum absolute atomic E-state index is 0.388. The van der Waals surface area contributed by atoms with Crippen LogP contribution in [0.4, 0.5) is 17.1 Å². The topological polar surface area (TPSA) is 68.9 Å². The molecule has 1 heterocycles. The molecular weight excluding hydrogens is 278 g/mol. The highest BCUT2D eigenvalue weighted by Gasteiger charge is 2.15. The van der Waals surface area contributed by atoms with Gasteiger partial charge in [-0.3, -0.25) is 0 Å². The first-order chi connectivity index (χ1) is 10.8. The summed E-state index contributed by atoms with van der Waals surface area (Å²) < 4.78 is 11.4. The summed E-state index contributed by atoms with van der Waals surface area (Å²) in [6, 6.07) is 13.2. The summed E-state index contributed by atoms with van der Waals surface area (Å²) in [6.07, 6.45) is 0.957. The molecule has 0 saturated carbocycles. The van der Waals surface area contributed by atoms with Gasteiger partial charge in [0, 0.05) is 5.69 Å². The largest absolute Gasteiger partial charge is 0.491 e. The molecule has 0 saturated heterocycles. The molecule has 0 radical (unpaired) electrons. The number of aliphatic imine (C=N–C) groups is 1. The summed E-state index contributed by atoms with van der Waals surface area (Å²) in [5, 5.41) is 3.26. The van der Waals surface area contributed by atoms with Crippen LogP contribution in [-0.2, 0) is 0 Å². The van der Waals surface area contributed by atoms with Crippen molar-refractivity contribution >= 4 is 22.9 Å². The van der Waals surface area contributed by atoms with E-state index in [9.17, 15) is 0 Å². The van der Waals surface area contributed by atoms with Crippen molar-refractivity contribution in [2.24, 2.45) is 4.99 Å². The zero-order valence-corrected chi connectivity index (χ0v) is 12.5. The van der Waals surface area contributed by atoms with Gasteiger partial charge in [-0.05, 0) is 36.8 Å². The molecule has 0 aromatic heterocycles. The minimum atomic E-state index is 0.388. The predicted octanol–water partition coefficient (Wildman–Crippen LogP) is 3.59. The van der Waals surface area contributed by atoms with Crippen molar-refractivity contribution in [2.75, 3.05) is 24.3 Å². The Hall–Kier alpha value is -2.69. The van der Waals surface area contributed by atoms with Crippen molar-refractivity contribution in [3.05, 3.63) is 42.5 Å². The lowest BCUT2D eigenvalue weighted by atomic mass is 10.2. The molecular formula is C17H19N3O2. The number of hydrogen-bond acceptors (Lipinski definition) is 4. The Morgan fingerprint density at radius 2 is 2.14 bits per heavy atom. The maximum atomic E-state index is 5.80. The number of nitrogen functional groups attached to an aromatic ring is 1. The van der Waals surface area contributed by atoms with Crippen molar-refractivity contribution in [2.45, 2.75) is 13.3 Å². The molecule has 22 heavy (non-hydrogen) atoms. The summed E-state index contributed by atoms with van der Waals surface area (Å²) in [4.78, 5) is 4.61. The zero-order valence-electron chi connectivity index (χ0n) is 12.5. The maximum Gasteiger partial charge on any atom is 0.146 e. The van der Waals surface area contributed by atoms with E-state index in [2.05, 4.69) is 17.2 Å². The van der Waals surface area contributed by atoms with Crippen molar-refractivity contribution in [3.63, 3.8) is 0 Å². The molecule has 0 spiro atoms. The Morgan fingerprint density at radius 1 is 1.27 bits per heavy atom. The van der Waals surface area contributed by atoms with Crippen molar-refractivity contribution in [1.82, 2.24) is 0 Å². The first kappa shape index (κ1) is 14.3. The molecule has 5 nitrogen and oxygen atoms in total. The van der Waals surface area contributed by atoms with Gasteiger partial charge in [0.25, 0.3) is 0 Å². The van der Waals surface area contributed by atoms with Gasteiger partial charge >= 0.3 is 0 Å². The molecule has 114 valence electrons. The third-order valence-corrected chi connectivity index (χ3v) is 3.23. The van der Waals surface area contributed by atoms with E-state index in [1.807, 2.05) is 42.5 Å². The first-order valence-corrected chi connectivity index (χ1v) is 7.35. The summed E-state index contributed by atoms with van der Waals surface area (Å²) in [5.74, 6) is 2.28. The molecule has 0 amide bonds. The van der Waals surface area contributed by atoms with E-state index in [0.717, 1.165) is 35.1 Å². The number of amidine groups is 1. The molecule has 3 rings (SSSR count). The minimum Gasteiger partial charge on any atom is -0.491 e. The zero-order chi connectivity index (χ0) is 15.4. The number of benzene rings is 2. The molecule has 2 aromatic carbocycles. The number of nitrogens with two attached hydrogens (primary N) is 1. The molecule has 5 heteroatoms.